The van der Waals surface area contributed by atoms with E-state index in [1.54, 1.807) is 42.7 Å². The predicted molar refractivity (Wildman–Crippen MR) is 134 cm³/mol. The van der Waals surface area contributed by atoms with Crippen molar-refractivity contribution in [2.24, 2.45) is 0 Å². The molecule has 0 aliphatic rings. The molecule has 2 aromatic carbocycles. The number of benzene rings is 2. The molecule has 0 fully saturated rings. The zero-order valence-electron chi connectivity index (χ0n) is 18.9. The fraction of sp³-hybridized carbons (Fsp3) is 0.192. The third-order valence-electron chi connectivity index (χ3n) is 5.47. The minimum atomic E-state index is -0.362. The molecule has 1 amide bonds. The van der Waals surface area contributed by atoms with Gasteiger partial charge in [0.1, 0.15) is 11.5 Å². The highest BCUT2D eigenvalue weighted by Gasteiger charge is 2.22. The molecule has 0 bridgehead atoms. The van der Waals surface area contributed by atoms with Crippen LogP contribution in [-0.2, 0) is 18.7 Å². The molecular weight excluding hydrogens is 471 g/mol. The molecule has 2 aromatic heterocycles. The molecule has 0 radical (unpaired) electrons. The molecule has 0 N–H and O–H groups in total. The lowest BCUT2D eigenvalue weighted by Gasteiger charge is -2.19. The highest BCUT2D eigenvalue weighted by molar-refractivity contribution is 7.98. The summed E-state index contributed by atoms with van der Waals surface area (Å²) in [4.78, 5) is 23.6. The van der Waals surface area contributed by atoms with Crippen LogP contribution in [0.4, 0.5) is 4.39 Å². The maximum absolute atomic E-state index is 14.3. The maximum Gasteiger partial charge on any atom is 0.272 e. The number of thioether (sulfide) groups is 1. The van der Waals surface area contributed by atoms with Crippen LogP contribution >= 0.6 is 23.4 Å². The SMILES string of the molecule is CCc1ccc(-n2c(C(=O)N(C)Cc3ccncc3)cnc2SCc2c(F)cccc2Cl)cc1. The molecule has 0 atom stereocenters. The van der Waals surface area contributed by atoms with Crippen LogP contribution in [0.1, 0.15) is 34.1 Å². The van der Waals surface area contributed by atoms with Crippen LogP contribution in [0.5, 0.6) is 0 Å². The molecule has 2 heterocycles. The third-order valence-corrected chi connectivity index (χ3v) is 6.81. The van der Waals surface area contributed by atoms with Crippen molar-refractivity contribution in [2.75, 3.05) is 7.05 Å². The van der Waals surface area contributed by atoms with E-state index in [0.29, 0.717) is 28.0 Å². The lowest BCUT2D eigenvalue weighted by molar-refractivity contribution is 0.0776. The summed E-state index contributed by atoms with van der Waals surface area (Å²) in [5, 5.41) is 0.954. The highest BCUT2D eigenvalue weighted by atomic mass is 35.5. The molecule has 0 unspecified atom stereocenters. The molecule has 5 nitrogen and oxygen atoms in total. The first-order valence-electron chi connectivity index (χ1n) is 10.8. The minimum Gasteiger partial charge on any atom is -0.336 e. The van der Waals surface area contributed by atoms with Gasteiger partial charge in [-0.05, 0) is 53.9 Å². The van der Waals surface area contributed by atoms with E-state index in [9.17, 15) is 9.18 Å². The van der Waals surface area contributed by atoms with Gasteiger partial charge in [-0.2, -0.15) is 0 Å². The van der Waals surface area contributed by atoms with Gasteiger partial charge in [0.2, 0.25) is 0 Å². The fourth-order valence-corrected chi connectivity index (χ4v) is 4.89. The summed E-state index contributed by atoms with van der Waals surface area (Å²) < 4.78 is 16.1. The number of hydrogen-bond acceptors (Lipinski definition) is 4. The van der Waals surface area contributed by atoms with Gasteiger partial charge in [0.05, 0.1) is 6.20 Å². The molecule has 0 aliphatic heterocycles. The van der Waals surface area contributed by atoms with Crippen molar-refractivity contribution in [3.8, 4) is 5.69 Å². The average molecular weight is 495 g/mol. The summed E-state index contributed by atoms with van der Waals surface area (Å²) in [6.45, 7) is 2.53. The Morgan fingerprint density at radius 2 is 1.82 bits per heavy atom. The second-order valence-corrected chi connectivity index (χ2v) is 9.14. The lowest BCUT2D eigenvalue weighted by atomic mass is 10.1. The van der Waals surface area contributed by atoms with E-state index >= 15 is 0 Å². The predicted octanol–water partition coefficient (Wildman–Crippen LogP) is 6.19. The Labute approximate surface area is 207 Å². The van der Waals surface area contributed by atoms with E-state index in [-0.39, 0.29) is 17.5 Å². The Kier molecular flexibility index (Phi) is 7.65. The van der Waals surface area contributed by atoms with Gasteiger partial charge in [-0.1, -0.05) is 48.5 Å². The molecule has 8 heteroatoms. The van der Waals surface area contributed by atoms with Crippen molar-refractivity contribution < 1.29 is 9.18 Å². The molecule has 174 valence electrons. The first-order valence-corrected chi connectivity index (χ1v) is 12.2. The van der Waals surface area contributed by atoms with E-state index in [0.717, 1.165) is 17.7 Å². The van der Waals surface area contributed by atoms with Crippen LogP contribution in [0.15, 0.2) is 78.3 Å². The minimum absolute atomic E-state index is 0.167. The molecule has 34 heavy (non-hydrogen) atoms. The van der Waals surface area contributed by atoms with Gasteiger partial charge in [-0.25, -0.2) is 9.37 Å². The van der Waals surface area contributed by atoms with Crippen molar-refractivity contribution >= 4 is 29.3 Å². The van der Waals surface area contributed by atoms with Gasteiger partial charge in [0, 0.05) is 48.0 Å². The van der Waals surface area contributed by atoms with E-state index in [1.807, 2.05) is 41.0 Å². The number of carbonyl (C=O) groups is 1. The summed E-state index contributed by atoms with van der Waals surface area (Å²) in [5.41, 5.74) is 3.83. The van der Waals surface area contributed by atoms with Crippen LogP contribution < -0.4 is 0 Å². The Hall–Kier alpha value is -3.16. The number of aryl methyl sites for hydroxylation is 1. The van der Waals surface area contributed by atoms with Gasteiger partial charge >= 0.3 is 0 Å². The van der Waals surface area contributed by atoms with Gasteiger partial charge in [-0.3, -0.25) is 14.3 Å². The number of amides is 1. The zero-order chi connectivity index (χ0) is 24.1. The number of hydrogen-bond donors (Lipinski definition) is 0. The Bertz CT molecular complexity index is 1260. The molecule has 0 saturated carbocycles. The lowest BCUT2D eigenvalue weighted by Crippen LogP contribution is -2.28. The van der Waals surface area contributed by atoms with E-state index in [2.05, 4.69) is 16.9 Å². The molecule has 4 rings (SSSR count). The number of carbonyl (C=O) groups excluding carboxylic acids is 1. The van der Waals surface area contributed by atoms with Gasteiger partial charge < -0.3 is 4.90 Å². The Morgan fingerprint density at radius 1 is 1.09 bits per heavy atom. The van der Waals surface area contributed by atoms with E-state index < -0.39 is 0 Å². The Balaban J connectivity index is 1.67. The number of nitrogens with zero attached hydrogens (tertiary/aromatic N) is 4. The fourth-order valence-electron chi connectivity index (χ4n) is 3.55. The summed E-state index contributed by atoms with van der Waals surface area (Å²) in [6, 6.07) is 16.4. The number of imidazole rings is 1. The maximum atomic E-state index is 14.3. The first-order chi connectivity index (χ1) is 16.5. The number of aromatic nitrogens is 3. The van der Waals surface area contributed by atoms with E-state index in [4.69, 9.17) is 11.6 Å². The topological polar surface area (TPSA) is 51.0 Å². The van der Waals surface area contributed by atoms with Gasteiger partial charge in [0.15, 0.2) is 5.16 Å². The number of halogens is 2. The van der Waals surface area contributed by atoms with Crippen LogP contribution in [-0.4, -0.2) is 32.4 Å². The second-order valence-electron chi connectivity index (χ2n) is 7.79. The second kappa shape index (κ2) is 10.8. The van der Waals surface area contributed by atoms with Crippen LogP contribution in [0.2, 0.25) is 5.02 Å². The summed E-state index contributed by atoms with van der Waals surface area (Å²) in [5.74, 6) is -0.241. The van der Waals surface area contributed by atoms with E-state index in [1.165, 1.54) is 23.4 Å². The molecule has 4 aromatic rings. The Morgan fingerprint density at radius 3 is 2.50 bits per heavy atom. The molecule has 0 aliphatic carbocycles. The standard InChI is InChI=1S/C26H24ClFN4OS/c1-3-18-7-9-20(10-8-18)32-24(25(33)31(2)16-19-11-13-29-14-12-19)15-30-26(32)34-17-21-22(27)5-4-6-23(21)28/h4-15H,3,16-17H2,1-2H3. The molecule has 0 spiro atoms. The summed E-state index contributed by atoms with van der Waals surface area (Å²) >= 11 is 7.55. The van der Waals surface area contributed by atoms with Gasteiger partial charge in [-0.15, -0.1) is 0 Å². The van der Waals surface area contributed by atoms with Crippen molar-refractivity contribution in [3.05, 3.63) is 106 Å². The van der Waals surface area contributed by atoms with Crippen molar-refractivity contribution in [1.29, 1.82) is 0 Å². The van der Waals surface area contributed by atoms with Crippen LogP contribution in [0, 0.1) is 5.82 Å². The smallest absolute Gasteiger partial charge is 0.272 e. The van der Waals surface area contributed by atoms with Crippen molar-refractivity contribution in [2.45, 2.75) is 30.8 Å². The molecule has 0 saturated heterocycles. The molecular formula is C26H24ClFN4OS. The monoisotopic (exact) mass is 494 g/mol. The normalized spacial score (nSPS) is 10.9. The average Bonchev–Trinajstić information content (AvgIpc) is 3.27. The van der Waals surface area contributed by atoms with Gasteiger partial charge in [0.25, 0.3) is 5.91 Å². The quantitative estimate of drug-likeness (QED) is 0.274. The highest BCUT2D eigenvalue weighted by Crippen LogP contribution is 2.31. The summed E-state index contributed by atoms with van der Waals surface area (Å²) in [7, 11) is 1.76. The zero-order valence-corrected chi connectivity index (χ0v) is 20.5. The van der Waals surface area contributed by atoms with Crippen LogP contribution in [0.25, 0.3) is 5.69 Å². The number of rotatable bonds is 8. The van der Waals surface area contributed by atoms with Crippen molar-refractivity contribution in [3.63, 3.8) is 0 Å². The number of pyridine rings is 1. The summed E-state index contributed by atoms with van der Waals surface area (Å²) in [6.07, 6.45) is 5.90. The van der Waals surface area contributed by atoms with Crippen molar-refractivity contribution in [1.82, 2.24) is 19.4 Å². The third kappa shape index (κ3) is 5.32. The first kappa shape index (κ1) is 24.0. The largest absolute Gasteiger partial charge is 0.336 e. The van der Waals surface area contributed by atoms with Crippen LogP contribution in [0.3, 0.4) is 0 Å².